The van der Waals surface area contributed by atoms with Gasteiger partial charge in [-0.1, -0.05) is 36.4 Å². The van der Waals surface area contributed by atoms with Crippen LogP contribution < -0.4 is 0 Å². The quantitative estimate of drug-likeness (QED) is 0.787. The van der Waals surface area contributed by atoms with E-state index < -0.39 is 11.7 Å². The predicted molar refractivity (Wildman–Crippen MR) is 56.7 cm³/mol. The van der Waals surface area contributed by atoms with Gasteiger partial charge in [0.25, 0.3) is 0 Å². The van der Waals surface area contributed by atoms with Gasteiger partial charge >= 0.3 is 6.18 Å². The van der Waals surface area contributed by atoms with Crippen LogP contribution in [0.15, 0.2) is 42.5 Å². The molecule has 1 N–H and O–H groups in total. The van der Waals surface area contributed by atoms with E-state index in [1.807, 2.05) is 0 Å². The van der Waals surface area contributed by atoms with Crippen LogP contribution in [0.2, 0.25) is 0 Å². The Kier molecular flexibility index (Phi) is 4.31. The molecule has 0 amide bonds. The first-order valence-corrected chi connectivity index (χ1v) is 4.65. The molecule has 0 bridgehead atoms. The molecule has 1 rings (SSSR count). The first-order valence-electron chi connectivity index (χ1n) is 4.65. The fourth-order valence-electron chi connectivity index (χ4n) is 1.09. The van der Waals surface area contributed by atoms with Crippen LogP contribution in [-0.4, -0.2) is 11.7 Å². The average molecular weight is 228 g/mol. The van der Waals surface area contributed by atoms with Gasteiger partial charge in [-0.15, -0.1) is 0 Å². The summed E-state index contributed by atoms with van der Waals surface area (Å²) in [7, 11) is 0. The molecule has 0 aromatic heterocycles. The van der Waals surface area contributed by atoms with Crippen molar-refractivity contribution in [1.29, 1.82) is 0 Å². The van der Waals surface area contributed by atoms with Crippen molar-refractivity contribution < 1.29 is 18.3 Å². The Morgan fingerprint density at radius 2 is 1.69 bits per heavy atom. The van der Waals surface area contributed by atoms with Crippen molar-refractivity contribution >= 4 is 6.08 Å². The molecule has 0 heterocycles. The zero-order chi connectivity index (χ0) is 12.0. The Balaban J connectivity index is 2.72. The number of rotatable bonds is 3. The van der Waals surface area contributed by atoms with Crippen molar-refractivity contribution in [3.63, 3.8) is 0 Å². The smallest absolute Gasteiger partial charge is 0.392 e. The third kappa shape index (κ3) is 3.90. The van der Waals surface area contributed by atoms with Crippen molar-refractivity contribution in [2.45, 2.75) is 6.18 Å². The van der Waals surface area contributed by atoms with E-state index in [2.05, 4.69) is 0 Å². The zero-order valence-electron chi connectivity index (χ0n) is 8.41. The molecule has 0 spiro atoms. The first kappa shape index (κ1) is 12.5. The lowest BCUT2D eigenvalue weighted by molar-refractivity contribution is -0.137. The zero-order valence-corrected chi connectivity index (χ0v) is 8.41. The lowest BCUT2D eigenvalue weighted by Crippen LogP contribution is -2.03. The maximum Gasteiger partial charge on any atom is 0.416 e. The summed E-state index contributed by atoms with van der Waals surface area (Å²) in [4.78, 5) is 0. The second-order valence-electron chi connectivity index (χ2n) is 3.09. The summed E-state index contributed by atoms with van der Waals surface area (Å²) in [5.74, 6) is 0. The highest BCUT2D eigenvalue weighted by atomic mass is 19.4. The highest BCUT2D eigenvalue weighted by Gasteiger charge is 2.29. The SMILES string of the molecule is OC/C=C/C=C/c1ccc(C(F)(F)F)cc1. The van der Waals surface area contributed by atoms with Crippen molar-refractivity contribution in [3.05, 3.63) is 53.6 Å². The Bertz CT molecular complexity index is 374. The average Bonchev–Trinajstić information content (AvgIpc) is 2.24. The van der Waals surface area contributed by atoms with E-state index in [4.69, 9.17) is 5.11 Å². The molecule has 1 nitrogen and oxygen atoms in total. The number of allylic oxidation sites excluding steroid dienone is 2. The van der Waals surface area contributed by atoms with Gasteiger partial charge in [-0.05, 0) is 17.7 Å². The molecular weight excluding hydrogens is 217 g/mol. The Morgan fingerprint density at radius 3 is 2.19 bits per heavy atom. The van der Waals surface area contributed by atoms with Gasteiger partial charge in [-0.2, -0.15) is 13.2 Å². The number of halogens is 3. The van der Waals surface area contributed by atoms with Crippen LogP contribution in [0.25, 0.3) is 6.08 Å². The van der Waals surface area contributed by atoms with Gasteiger partial charge in [0, 0.05) is 0 Å². The summed E-state index contributed by atoms with van der Waals surface area (Å²) >= 11 is 0. The Hall–Kier alpha value is -1.55. The van der Waals surface area contributed by atoms with E-state index in [1.54, 1.807) is 18.2 Å². The highest BCUT2D eigenvalue weighted by molar-refractivity contribution is 5.51. The summed E-state index contributed by atoms with van der Waals surface area (Å²) in [6.07, 6.45) is 2.17. The minimum atomic E-state index is -4.29. The van der Waals surface area contributed by atoms with Gasteiger partial charge in [-0.25, -0.2) is 0 Å². The topological polar surface area (TPSA) is 20.2 Å². The van der Waals surface area contributed by atoms with Crippen LogP contribution in [0.5, 0.6) is 0 Å². The second kappa shape index (κ2) is 5.51. The number of hydrogen-bond acceptors (Lipinski definition) is 1. The van der Waals surface area contributed by atoms with Crippen molar-refractivity contribution in [2.24, 2.45) is 0 Å². The van der Waals surface area contributed by atoms with Crippen LogP contribution >= 0.6 is 0 Å². The first-order chi connectivity index (χ1) is 7.54. The number of aliphatic hydroxyl groups excluding tert-OH is 1. The number of hydrogen-bond donors (Lipinski definition) is 1. The van der Waals surface area contributed by atoms with Crippen molar-refractivity contribution in [2.75, 3.05) is 6.61 Å². The van der Waals surface area contributed by atoms with Gasteiger partial charge in [-0.3, -0.25) is 0 Å². The fraction of sp³-hybridized carbons (Fsp3) is 0.167. The van der Waals surface area contributed by atoms with Gasteiger partial charge in [0.2, 0.25) is 0 Å². The summed E-state index contributed by atoms with van der Waals surface area (Å²) in [6.45, 7) is -0.0582. The minimum Gasteiger partial charge on any atom is -0.392 e. The lowest BCUT2D eigenvalue weighted by Gasteiger charge is -2.05. The van der Waals surface area contributed by atoms with Gasteiger partial charge in [0.05, 0.1) is 12.2 Å². The molecule has 0 aliphatic rings. The van der Waals surface area contributed by atoms with Gasteiger partial charge in [0.15, 0.2) is 0 Å². The van der Waals surface area contributed by atoms with E-state index in [0.29, 0.717) is 5.56 Å². The molecule has 1 aromatic rings. The van der Waals surface area contributed by atoms with Crippen LogP contribution in [0.3, 0.4) is 0 Å². The maximum absolute atomic E-state index is 12.2. The highest BCUT2D eigenvalue weighted by Crippen LogP contribution is 2.29. The molecule has 1 aromatic carbocycles. The molecule has 4 heteroatoms. The molecule has 0 aliphatic carbocycles. The molecule has 0 saturated carbocycles. The predicted octanol–water partition coefficient (Wildman–Crippen LogP) is 3.27. The van der Waals surface area contributed by atoms with Crippen LogP contribution in [-0.2, 0) is 6.18 Å². The second-order valence-corrected chi connectivity index (χ2v) is 3.09. The molecule has 86 valence electrons. The Labute approximate surface area is 91.5 Å². The third-order valence-electron chi connectivity index (χ3n) is 1.88. The Morgan fingerprint density at radius 1 is 1.06 bits per heavy atom. The van der Waals surface area contributed by atoms with Crippen molar-refractivity contribution in [1.82, 2.24) is 0 Å². The molecule has 0 atom stereocenters. The standard InChI is InChI=1S/C12H11F3O/c13-12(14,15)11-7-5-10(6-8-11)4-2-1-3-9-16/h1-8,16H,9H2/b3-1+,4-2+. The van der Waals surface area contributed by atoms with Crippen LogP contribution in [0.1, 0.15) is 11.1 Å². The van der Waals surface area contributed by atoms with E-state index in [-0.39, 0.29) is 6.61 Å². The number of alkyl halides is 3. The lowest BCUT2D eigenvalue weighted by atomic mass is 10.1. The number of benzene rings is 1. The minimum absolute atomic E-state index is 0.0582. The normalized spacial score (nSPS) is 12.8. The van der Waals surface area contributed by atoms with Gasteiger partial charge in [0.1, 0.15) is 0 Å². The number of aliphatic hydroxyl groups is 1. The molecule has 0 radical (unpaired) electrons. The van der Waals surface area contributed by atoms with Crippen molar-refractivity contribution in [3.8, 4) is 0 Å². The molecule has 0 fully saturated rings. The van der Waals surface area contributed by atoms with E-state index >= 15 is 0 Å². The summed E-state index contributed by atoms with van der Waals surface area (Å²) in [6, 6.07) is 4.86. The summed E-state index contributed by atoms with van der Waals surface area (Å²) < 4.78 is 36.6. The molecule has 0 saturated heterocycles. The fourth-order valence-corrected chi connectivity index (χ4v) is 1.09. The van der Waals surface area contributed by atoms with E-state index in [1.165, 1.54) is 18.2 Å². The van der Waals surface area contributed by atoms with E-state index in [0.717, 1.165) is 12.1 Å². The third-order valence-corrected chi connectivity index (χ3v) is 1.88. The molecular formula is C12H11F3O. The molecule has 0 unspecified atom stereocenters. The summed E-state index contributed by atoms with van der Waals surface area (Å²) in [5, 5.41) is 8.44. The van der Waals surface area contributed by atoms with Crippen LogP contribution in [0.4, 0.5) is 13.2 Å². The molecule has 16 heavy (non-hydrogen) atoms. The largest absolute Gasteiger partial charge is 0.416 e. The summed E-state index contributed by atoms with van der Waals surface area (Å²) in [5.41, 5.74) is 0.0196. The monoisotopic (exact) mass is 228 g/mol. The van der Waals surface area contributed by atoms with Gasteiger partial charge < -0.3 is 5.11 Å². The maximum atomic E-state index is 12.2. The van der Waals surface area contributed by atoms with E-state index in [9.17, 15) is 13.2 Å². The van der Waals surface area contributed by atoms with Crippen LogP contribution in [0, 0.1) is 0 Å². The molecule has 0 aliphatic heterocycles.